The van der Waals surface area contributed by atoms with Crippen molar-refractivity contribution in [2.24, 2.45) is 0 Å². The second-order valence-corrected chi connectivity index (χ2v) is 7.98. The molecule has 0 aliphatic carbocycles. The molecule has 0 N–H and O–H groups in total. The van der Waals surface area contributed by atoms with Crippen LogP contribution in [0.25, 0.3) is 11.3 Å². The Balaban J connectivity index is 1.65. The van der Waals surface area contributed by atoms with Crippen molar-refractivity contribution in [3.63, 3.8) is 0 Å². The molecule has 0 unspecified atom stereocenters. The van der Waals surface area contributed by atoms with Crippen LogP contribution in [0.2, 0.25) is 0 Å². The van der Waals surface area contributed by atoms with E-state index in [0.29, 0.717) is 6.42 Å². The number of hydrogen-bond donors (Lipinski definition) is 0. The van der Waals surface area contributed by atoms with E-state index in [-0.39, 0.29) is 11.9 Å². The van der Waals surface area contributed by atoms with E-state index in [2.05, 4.69) is 48.2 Å². The fraction of sp³-hybridized carbons (Fsp3) is 0.474. The van der Waals surface area contributed by atoms with E-state index in [9.17, 15) is 4.79 Å². The van der Waals surface area contributed by atoms with Crippen molar-refractivity contribution in [2.75, 3.05) is 43.0 Å². The van der Waals surface area contributed by atoms with Crippen molar-refractivity contribution in [2.45, 2.75) is 26.3 Å². The van der Waals surface area contributed by atoms with Crippen molar-refractivity contribution in [1.82, 2.24) is 9.88 Å². The van der Waals surface area contributed by atoms with Crippen LogP contribution >= 0.6 is 11.3 Å². The molecule has 2 aliphatic rings. The van der Waals surface area contributed by atoms with Crippen molar-refractivity contribution in [3.05, 3.63) is 29.1 Å². The van der Waals surface area contributed by atoms with Crippen LogP contribution < -0.4 is 9.80 Å². The molecule has 4 rings (SSSR count). The minimum absolute atomic E-state index is 0.181. The summed E-state index contributed by atoms with van der Waals surface area (Å²) in [6.45, 7) is 8.33. The van der Waals surface area contributed by atoms with Crippen molar-refractivity contribution in [3.8, 4) is 11.3 Å². The van der Waals surface area contributed by atoms with Crippen LogP contribution in [-0.4, -0.2) is 55.1 Å². The van der Waals surface area contributed by atoms with Gasteiger partial charge in [-0.25, -0.2) is 4.98 Å². The van der Waals surface area contributed by atoms with Crippen LogP contribution in [0.1, 0.15) is 19.4 Å². The topological polar surface area (TPSA) is 39.7 Å². The zero-order valence-corrected chi connectivity index (χ0v) is 15.8. The number of aromatic nitrogens is 1. The summed E-state index contributed by atoms with van der Waals surface area (Å²) in [5.74, 6) is 0.187. The van der Waals surface area contributed by atoms with Crippen LogP contribution in [-0.2, 0) is 11.2 Å². The monoisotopic (exact) mass is 356 g/mol. The number of likely N-dealkylation sites (N-methyl/N-ethyl adjacent to an activating group) is 1. The second kappa shape index (κ2) is 6.42. The Labute approximate surface area is 152 Å². The highest BCUT2D eigenvalue weighted by Gasteiger charge is 2.31. The lowest BCUT2D eigenvalue weighted by atomic mass is 10.0. The molecule has 1 saturated heterocycles. The zero-order valence-electron chi connectivity index (χ0n) is 15.0. The van der Waals surface area contributed by atoms with Gasteiger partial charge in [0.25, 0.3) is 0 Å². The third-order valence-electron chi connectivity index (χ3n) is 5.07. The SMILES string of the molecule is CC(C)N1C(=O)Cc2c(-c3csc(N4CCN(C)CC4)n3)cccc21. The van der Waals surface area contributed by atoms with Crippen LogP contribution in [0, 0.1) is 0 Å². The molecular formula is C19H24N4OS. The quantitative estimate of drug-likeness (QED) is 0.848. The molecule has 132 valence electrons. The smallest absolute Gasteiger partial charge is 0.231 e. The first-order valence-electron chi connectivity index (χ1n) is 8.88. The number of rotatable bonds is 3. The number of piperazine rings is 1. The summed E-state index contributed by atoms with van der Waals surface area (Å²) in [5.41, 5.74) is 4.27. The maximum absolute atomic E-state index is 12.4. The molecule has 5 nitrogen and oxygen atoms in total. The van der Waals surface area contributed by atoms with E-state index in [0.717, 1.165) is 53.8 Å². The molecule has 0 atom stereocenters. The maximum Gasteiger partial charge on any atom is 0.231 e. The molecule has 3 heterocycles. The number of carbonyl (C=O) groups excluding carboxylic acids is 1. The molecule has 1 fully saturated rings. The highest BCUT2D eigenvalue weighted by Crippen LogP contribution is 2.39. The minimum Gasteiger partial charge on any atom is -0.346 e. The molecule has 1 amide bonds. The predicted octanol–water partition coefficient (Wildman–Crippen LogP) is 2.86. The molecule has 0 spiro atoms. The Morgan fingerprint density at radius 3 is 2.64 bits per heavy atom. The standard InChI is InChI=1S/C19H24N4OS/c1-13(2)23-17-6-4-5-14(15(17)11-18(23)24)16-12-25-19(20-16)22-9-7-21(3)8-10-22/h4-6,12-13H,7-11H2,1-3H3. The number of thiazole rings is 1. The van der Waals surface area contributed by atoms with Gasteiger partial charge in [0.2, 0.25) is 5.91 Å². The predicted molar refractivity (Wildman–Crippen MR) is 104 cm³/mol. The van der Waals surface area contributed by atoms with Gasteiger partial charge in [-0.1, -0.05) is 12.1 Å². The van der Waals surface area contributed by atoms with E-state index >= 15 is 0 Å². The average molecular weight is 356 g/mol. The normalized spacial score (nSPS) is 18.3. The molecule has 0 saturated carbocycles. The summed E-state index contributed by atoms with van der Waals surface area (Å²) in [5, 5.41) is 3.22. The first-order chi connectivity index (χ1) is 12.0. The molecule has 1 aromatic heterocycles. The number of benzene rings is 1. The van der Waals surface area contributed by atoms with E-state index in [4.69, 9.17) is 4.98 Å². The van der Waals surface area contributed by atoms with Gasteiger partial charge in [-0.2, -0.15) is 0 Å². The van der Waals surface area contributed by atoms with Gasteiger partial charge in [-0.3, -0.25) is 4.79 Å². The Hall–Kier alpha value is -1.92. The summed E-state index contributed by atoms with van der Waals surface area (Å²) >= 11 is 1.70. The number of anilines is 2. The van der Waals surface area contributed by atoms with Gasteiger partial charge < -0.3 is 14.7 Å². The Kier molecular flexibility index (Phi) is 4.25. The lowest BCUT2D eigenvalue weighted by molar-refractivity contribution is -0.117. The van der Waals surface area contributed by atoms with Gasteiger partial charge in [-0.15, -0.1) is 11.3 Å². The molecule has 2 aromatic rings. The second-order valence-electron chi connectivity index (χ2n) is 7.14. The van der Waals surface area contributed by atoms with E-state index in [1.165, 1.54) is 0 Å². The van der Waals surface area contributed by atoms with E-state index in [1.807, 2.05) is 11.0 Å². The van der Waals surface area contributed by atoms with Gasteiger partial charge in [0, 0.05) is 48.9 Å². The van der Waals surface area contributed by atoms with Crippen molar-refractivity contribution in [1.29, 1.82) is 0 Å². The Morgan fingerprint density at radius 1 is 1.16 bits per heavy atom. The lowest BCUT2D eigenvalue weighted by Crippen LogP contribution is -2.44. The zero-order chi connectivity index (χ0) is 17.6. The van der Waals surface area contributed by atoms with Crippen LogP contribution in [0.4, 0.5) is 10.8 Å². The van der Waals surface area contributed by atoms with E-state index < -0.39 is 0 Å². The van der Waals surface area contributed by atoms with Crippen molar-refractivity contribution >= 4 is 28.1 Å². The number of carbonyl (C=O) groups is 1. The molecule has 2 aliphatic heterocycles. The van der Waals surface area contributed by atoms with Crippen LogP contribution in [0.3, 0.4) is 0 Å². The third-order valence-corrected chi connectivity index (χ3v) is 5.97. The molecular weight excluding hydrogens is 332 g/mol. The fourth-order valence-electron chi connectivity index (χ4n) is 3.69. The number of fused-ring (bicyclic) bond motifs is 1. The summed E-state index contributed by atoms with van der Waals surface area (Å²) in [6, 6.07) is 6.37. The van der Waals surface area contributed by atoms with Gasteiger partial charge >= 0.3 is 0 Å². The molecule has 0 bridgehead atoms. The number of hydrogen-bond acceptors (Lipinski definition) is 5. The molecule has 1 aromatic carbocycles. The van der Waals surface area contributed by atoms with Crippen molar-refractivity contribution < 1.29 is 4.79 Å². The Morgan fingerprint density at radius 2 is 1.92 bits per heavy atom. The summed E-state index contributed by atoms with van der Waals surface area (Å²) < 4.78 is 0. The van der Waals surface area contributed by atoms with Crippen LogP contribution in [0.15, 0.2) is 23.6 Å². The largest absolute Gasteiger partial charge is 0.346 e. The number of amides is 1. The van der Waals surface area contributed by atoms with Gasteiger partial charge in [0.05, 0.1) is 12.1 Å². The fourth-order valence-corrected chi connectivity index (χ4v) is 4.57. The van der Waals surface area contributed by atoms with Gasteiger partial charge in [-0.05, 0) is 32.5 Å². The summed E-state index contributed by atoms with van der Waals surface area (Å²) in [6.07, 6.45) is 0.477. The molecule has 0 radical (unpaired) electrons. The highest BCUT2D eigenvalue weighted by atomic mass is 32.1. The first-order valence-corrected chi connectivity index (χ1v) is 9.76. The third kappa shape index (κ3) is 2.93. The minimum atomic E-state index is 0.181. The molecule has 25 heavy (non-hydrogen) atoms. The summed E-state index contributed by atoms with van der Waals surface area (Å²) in [4.78, 5) is 24.0. The first kappa shape index (κ1) is 16.5. The lowest BCUT2D eigenvalue weighted by Gasteiger charge is -2.32. The molecule has 6 heteroatoms. The van der Waals surface area contributed by atoms with E-state index in [1.54, 1.807) is 11.3 Å². The highest BCUT2D eigenvalue weighted by molar-refractivity contribution is 7.14. The van der Waals surface area contributed by atoms with Crippen LogP contribution in [0.5, 0.6) is 0 Å². The average Bonchev–Trinajstić information content (AvgIpc) is 3.18. The Bertz CT molecular complexity index is 792. The number of nitrogens with zero attached hydrogens (tertiary/aromatic N) is 4. The van der Waals surface area contributed by atoms with Gasteiger partial charge in [0.15, 0.2) is 5.13 Å². The van der Waals surface area contributed by atoms with Gasteiger partial charge in [0.1, 0.15) is 0 Å². The summed E-state index contributed by atoms with van der Waals surface area (Å²) in [7, 11) is 2.16. The maximum atomic E-state index is 12.4.